The molecule has 8 aromatic rings. The zero-order valence-electron chi connectivity index (χ0n) is 26.2. The molecule has 6 N–H and O–H groups in total. The highest BCUT2D eigenvalue weighted by molar-refractivity contribution is 7.08. The van der Waals surface area contributed by atoms with E-state index in [0.29, 0.717) is 17.6 Å². The van der Waals surface area contributed by atoms with Crippen molar-refractivity contribution in [3.63, 3.8) is 0 Å². The fourth-order valence-corrected chi connectivity index (χ4v) is 5.67. The van der Waals surface area contributed by atoms with Gasteiger partial charge in [-0.3, -0.25) is 0 Å². The number of fused-ring (bicyclic) bond motifs is 2. The van der Waals surface area contributed by atoms with Crippen LogP contribution < -0.4 is 16.4 Å². The van der Waals surface area contributed by atoms with Crippen LogP contribution in [0.25, 0.3) is 45.1 Å². The first-order valence-corrected chi connectivity index (χ1v) is 16.6. The summed E-state index contributed by atoms with van der Waals surface area (Å²) in [7, 11) is 0. The number of amides is 2. The van der Waals surface area contributed by atoms with Gasteiger partial charge in [0.2, 0.25) is 6.08 Å². The number of carbonyl (C=O) groups is 1. The van der Waals surface area contributed by atoms with Crippen molar-refractivity contribution < 1.29 is 27.2 Å². The van der Waals surface area contributed by atoms with E-state index in [9.17, 15) is 27.2 Å². The Balaban J connectivity index is 0.000000150. The van der Waals surface area contributed by atoms with Crippen molar-refractivity contribution in [2.24, 2.45) is 4.99 Å². The van der Waals surface area contributed by atoms with Crippen LogP contribution in [-0.4, -0.2) is 42.0 Å². The Labute approximate surface area is 298 Å². The van der Waals surface area contributed by atoms with Gasteiger partial charge in [0.1, 0.15) is 34.7 Å². The lowest BCUT2D eigenvalue weighted by molar-refractivity contribution is 0.262. The van der Waals surface area contributed by atoms with Crippen molar-refractivity contribution in [2.75, 3.05) is 16.4 Å². The molecule has 0 saturated carbocycles. The predicted octanol–water partition coefficient (Wildman–Crippen LogP) is 8.81. The highest BCUT2D eigenvalue weighted by Crippen LogP contribution is 2.24. The second-order valence-corrected chi connectivity index (χ2v) is 11.9. The number of benzene rings is 4. The molecule has 4 aromatic heterocycles. The number of urea groups is 1. The number of hydrogen-bond donors (Lipinski definition) is 5. The zero-order chi connectivity index (χ0) is 36.6. The Kier molecular flexibility index (Phi) is 10.7. The number of anilines is 3. The van der Waals surface area contributed by atoms with E-state index in [2.05, 4.69) is 45.5 Å². The highest BCUT2D eigenvalue weighted by Gasteiger charge is 2.10. The molecule has 4 heterocycles. The van der Waals surface area contributed by atoms with Gasteiger partial charge in [0, 0.05) is 52.1 Å². The molecule has 4 aromatic carbocycles. The Bertz CT molecular complexity index is 2490. The minimum atomic E-state index is -0.770. The smallest absolute Gasteiger partial charge is 0.323 e. The monoisotopic (exact) mass is 742 g/mol. The van der Waals surface area contributed by atoms with Crippen LogP contribution in [0.3, 0.4) is 0 Å². The Hall–Kier alpha value is -6.75. The lowest BCUT2D eigenvalue weighted by atomic mass is 10.3. The number of carbonyl (C=O) groups excluding carboxylic acids is 2. The second-order valence-electron chi connectivity index (χ2n) is 10.5. The summed E-state index contributed by atoms with van der Waals surface area (Å²) in [5.74, 6) is -1.64. The molecule has 0 unspecified atom stereocenters. The van der Waals surface area contributed by atoms with Crippen molar-refractivity contribution in [2.45, 2.75) is 0 Å². The number of aromatic nitrogens is 6. The van der Waals surface area contributed by atoms with Crippen molar-refractivity contribution in [1.82, 2.24) is 29.9 Å². The normalized spacial score (nSPS) is 10.5. The minimum Gasteiger partial charge on any atom is -0.399 e. The number of aliphatic imine (C=N–C) groups is 1. The molecule has 8 rings (SSSR count). The third-order valence-corrected chi connectivity index (χ3v) is 7.91. The standard InChI is InChI=1S/C17H11F2N5OS.C10H8N4S.C7H3F2NO/c18-9-3-10(19)5-12(4-9)22-17(25)21-11-1-2-13-14(6-11)24-16(23-13)15-7-26-8-20-15;11-6-1-2-7-8(3-6)14-10(13-7)9-4-15-5-12-9;8-5-1-6(9)3-7(2-5)10-4-11/h1-8H,(H,23,24)(H2,21,22,25);1-5H,11H2,(H,13,14);1-3H. The largest absolute Gasteiger partial charge is 0.399 e. The van der Waals surface area contributed by atoms with Gasteiger partial charge in [-0.1, -0.05) is 0 Å². The molecule has 260 valence electrons. The van der Waals surface area contributed by atoms with E-state index in [1.165, 1.54) is 17.4 Å². The summed E-state index contributed by atoms with van der Waals surface area (Å²) in [5.41, 5.74) is 15.3. The predicted molar refractivity (Wildman–Crippen MR) is 192 cm³/mol. The van der Waals surface area contributed by atoms with Crippen LogP contribution >= 0.6 is 22.7 Å². The maximum atomic E-state index is 13.2. The molecule has 12 nitrogen and oxygen atoms in total. The van der Waals surface area contributed by atoms with Crippen molar-refractivity contribution >= 4 is 79.6 Å². The van der Waals surface area contributed by atoms with Gasteiger partial charge in [0.05, 0.1) is 38.8 Å². The van der Waals surface area contributed by atoms with Gasteiger partial charge in [0.15, 0.2) is 11.6 Å². The Morgan fingerprint density at radius 1 is 0.692 bits per heavy atom. The first kappa shape index (κ1) is 35.1. The number of H-pyrrole nitrogens is 2. The average molecular weight is 743 g/mol. The maximum absolute atomic E-state index is 13.2. The number of hydrogen-bond acceptors (Lipinski definition) is 10. The number of nitrogen functional groups attached to an aromatic ring is 1. The minimum absolute atomic E-state index is 0.0217. The van der Waals surface area contributed by atoms with Crippen LogP contribution in [0.5, 0.6) is 0 Å². The maximum Gasteiger partial charge on any atom is 0.323 e. The van der Waals surface area contributed by atoms with Crippen LogP contribution in [0.2, 0.25) is 0 Å². The summed E-state index contributed by atoms with van der Waals surface area (Å²) in [5, 5.41) is 8.83. The first-order chi connectivity index (χ1) is 25.1. The number of thiazole rings is 2. The van der Waals surface area contributed by atoms with Gasteiger partial charge in [-0.05, 0) is 48.5 Å². The molecule has 0 fully saturated rings. The number of halogens is 4. The molecule has 0 atom stereocenters. The molecule has 0 aliphatic carbocycles. The van der Waals surface area contributed by atoms with Crippen LogP contribution in [0.15, 0.2) is 99.6 Å². The number of rotatable bonds is 5. The SMILES string of the molecule is Nc1ccc2nc(-c3cscn3)[nH]c2c1.O=C(Nc1cc(F)cc(F)c1)Nc1ccc2nc(-c3cscn3)[nH]c2c1.O=C=Nc1cc(F)cc(F)c1. The van der Waals surface area contributed by atoms with Crippen LogP contribution in [-0.2, 0) is 4.79 Å². The lowest BCUT2D eigenvalue weighted by Crippen LogP contribution is -2.19. The topological polar surface area (TPSA) is 180 Å². The van der Waals surface area contributed by atoms with Gasteiger partial charge in [-0.25, -0.2) is 47.1 Å². The molecular formula is C34H22F4N10O2S2. The molecule has 18 heteroatoms. The van der Waals surface area contributed by atoms with Crippen LogP contribution in [0.4, 0.5) is 45.1 Å². The van der Waals surface area contributed by atoms with E-state index >= 15 is 0 Å². The molecule has 0 bridgehead atoms. The number of nitrogens with zero attached hydrogens (tertiary/aromatic N) is 5. The molecule has 0 saturated heterocycles. The highest BCUT2D eigenvalue weighted by atomic mass is 32.1. The summed E-state index contributed by atoms with van der Waals surface area (Å²) >= 11 is 3.02. The third-order valence-electron chi connectivity index (χ3n) is 6.74. The average Bonchev–Trinajstić information content (AvgIpc) is 3.91. The Morgan fingerprint density at radius 3 is 1.75 bits per heavy atom. The van der Waals surface area contributed by atoms with Crippen LogP contribution in [0, 0.1) is 23.3 Å². The van der Waals surface area contributed by atoms with Crippen molar-refractivity contribution in [3.05, 3.63) is 118 Å². The number of isocyanates is 1. The first-order valence-electron chi connectivity index (χ1n) is 14.7. The van der Waals surface area contributed by atoms with E-state index in [-0.39, 0.29) is 11.4 Å². The molecule has 0 radical (unpaired) electrons. The summed E-state index contributed by atoms with van der Waals surface area (Å²) < 4.78 is 51.0. The summed E-state index contributed by atoms with van der Waals surface area (Å²) in [6.45, 7) is 0. The Morgan fingerprint density at radius 2 is 1.21 bits per heavy atom. The fourth-order valence-electron chi connectivity index (χ4n) is 4.59. The van der Waals surface area contributed by atoms with E-state index in [4.69, 9.17) is 5.73 Å². The van der Waals surface area contributed by atoms with Gasteiger partial charge in [-0.2, -0.15) is 4.99 Å². The third kappa shape index (κ3) is 9.07. The second kappa shape index (κ2) is 15.9. The number of imidazole rings is 2. The summed E-state index contributed by atoms with van der Waals surface area (Å²) in [6.07, 6.45) is 1.18. The number of nitrogens with two attached hydrogens (primary N) is 1. The number of nitrogens with one attached hydrogen (secondary N) is 4. The molecular weight excluding hydrogens is 721 g/mol. The van der Waals surface area contributed by atoms with Crippen molar-refractivity contribution in [3.8, 4) is 23.0 Å². The number of aromatic amines is 2. The summed E-state index contributed by atoms with van der Waals surface area (Å²) in [4.78, 5) is 48.3. The fraction of sp³-hybridized carbons (Fsp3) is 0. The summed E-state index contributed by atoms with van der Waals surface area (Å²) in [6, 6.07) is 15.5. The van der Waals surface area contributed by atoms with Crippen LogP contribution in [0.1, 0.15) is 0 Å². The van der Waals surface area contributed by atoms with Gasteiger partial charge < -0.3 is 26.3 Å². The van der Waals surface area contributed by atoms with Crippen molar-refractivity contribution in [1.29, 1.82) is 0 Å². The molecule has 52 heavy (non-hydrogen) atoms. The lowest BCUT2D eigenvalue weighted by Gasteiger charge is -2.08. The van der Waals surface area contributed by atoms with E-state index < -0.39 is 29.3 Å². The molecule has 2 amide bonds. The zero-order valence-corrected chi connectivity index (χ0v) is 27.8. The van der Waals surface area contributed by atoms with E-state index in [0.717, 1.165) is 75.3 Å². The van der Waals surface area contributed by atoms with E-state index in [1.54, 1.807) is 40.6 Å². The quantitative estimate of drug-likeness (QED) is 0.0506. The van der Waals surface area contributed by atoms with Gasteiger partial charge >= 0.3 is 6.03 Å². The van der Waals surface area contributed by atoms with Gasteiger partial charge in [0.25, 0.3) is 0 Å². The van der Waals surface area contributed by atoms with Gasteiger partial charge in [-0.15, -0.1) is 22.7 Å². The molecule has 0 aliphatic heterocycles. The molecule has 0 spiro atoms. The van der Waals surface area contributed by atoms with E-state index in [1.807, 2.05) is 29.0 Å². The molecule has 0 aliphatic rings.